The van der Waals surface area contributed by atoms with Crippen LogP contribution in [0.3, 0.4) is 0 Å². The van der Waals surface area contributed by atoms with Gasteiger partial charge in [-0.25, -0.2) is 14.4 Å². The molecule has 0 radical (unpaired) electrons. The van der Waals surface area contributed by atoms with Crippen LogP contribution in [0.1, 0.15) is 8.42 Å². The minimum absolute atomic E-state index is 0. The Bertz CT molecular complexity index is 1110. The van der Waals surface area contributed by atoms with Crippen molar-refractivity contribution in [1.29, 1.82) is 0 Å². The molecule has 0 aliphatic heterocycles. The van der Waals surface area contributed by atoms with Gasteiger partial charge in [0, 0.05) is 47.6 Å². The van der Waals surface area contributed by atoms with Crippen LogP contribution >= 0.6 is 0 Å². The molecule has 146 valence electrons. The third kappa shape index (κ3) is 3.83. The molecule has 28 heavy (non-hydrogen) atoms. The maximum absolute atomic E-state index is 14.1. The zero-order valence-corrected chi connectivity index (χ0v) is 15.5. The molecule has 0 spiro atoms. The Morgan fingerprint density at radius 3 is 2.79 bits per heavy atom. The summed E-state index contributed by atoms with van der Waals surface area (Å²) >= 11 is 0. The highest BCUT2D eigenvalue weighted by Gasteiger charge is 2.09. The number of hydrogen-bond acceptors (Lipinski definition) is 6. The van der Waals surface area contributed by atoms with Gasteiger partial charge in [0.25, 0.3) is 0 Å². The van der Waals surface area contributed by atoms with Gasteiger partial charge in [-0.1, -0.05) is 18.2 Å². The molecule has 3 heterocycles. The summed E-state index contributed by atoms with van der Waals surface area (Å²) in [7, 11) is 3.72. The average Bonchev–Trinajstić information content (AvgIpc) is 3.31. The number of rotatable bonds is 6. The Hall–Kier alpha value is -3.75. The molecule has 4 aromatic rings. The molecule has 0 amide bonds. The first kappa shape index (κ1) is 17.7. The molecule has 0 atom stereocenters. The maximum Gasteiger partial charge on any atom is 0.231 e. The van der Waals surface area contributed by atoms with E-state index in [0.29, 0.717) is 12.5 Å². The molecular weight excluding hydrogens is 359 g/mol. The number of hydrogen-bond donors (Lipinski definition) is 2. The largest absolute Gasteiger partial charge is 0.363 e. The normalized spacial score (nSPS) is 10.8. The smallest absolute Gasteiger partial charge is 0.231 e. The van der Waals surface area contributed by atoms with E-state index in [1.165, 1.54) is 0 Å². The molecule has 8 nitrogen and oxygen atoms in total. The minimum atomic E-state index is -0.520. The highest BCUT2D eigenvalue weighted by atomic mass is 19.1. The Balaban J connectivity index is 0.00000160. The van der Waals surface area contributed by atoms with Gasteiger partial charge < -0.3 is 9.88 Å². The van der Waals surface area contributed by atoms with E-state index < -0.39 is 5.82 Å². The van der Waals surface area contributed by atoms with Gasteiger partial charge in [0.1, 0.15) is 0 Å². The summed E-state index contributed by atoms with van der Waals surface area (Å²) in [5.41, 5.74) is 3.07. The summed E-state index contributed by atoms with van der Waals surface area (Å²) in [4.78, 5) is 12.3. The molecule has 1 aromatic carbocycles. The lowest BCUT2D eigenvalue weighted by molar-refractivity contribution is 0.617. The predicted molar refractivity (Wildman–Crippen MR) is 109 cm³/mol. The molecule has 4 rings (SSSR count). The van der Waals surface area contributed by atoms with Crippen molar-refractivity contribution in [3.63, 3.8) is 0 Å². The van der Waals surface area contributed by atoms with E-state index in [0.717, 1.165) is 22.9 Å². The molecule has 0 saturated heterocycles. The summed E-state index contributed by atoms with van der Waals surface area (Å²) in [6.07, 6.45) is 8.34. The highest BCUT2D eigenvalue weighted by molar-refractivity contribution is 5.62. The quantitative estimate of drug-likeness (QED) is 0.530. The van der Waals surface area contributed by atoms with Crippen LogP contribution in [0.15, 0.2) is 55.2 Å². The molecule has 2 N–H and O–H groups in total. The average molecular weight is 382 g/mol. The SMILES string of the molecule is Cn1cc(-c2cccc(CNc3nc(Nc4nccn4C)ncc3F)c2)cn1.[HH].[HH]. The molecule has 0 unspecified atom stereocenters. The number of imidazole rings is 1. The zero-order chi connectivity index (χ0) is 19.5. The molecule has 9 heteroatoms. The van der Waals surface area contributed by atoms with Gasteiger partial charge in [0.2, 0.25) is 11.9 Å². The van der Waals surface area contributed by atoms with Crippen molar-refractivity contribution < 1.29 is 7.24 Å². The van der Waals surface area contributed by atoms with Crippen LogP contribution in [0.5, 0.6) is 0 Å². The Morgan fingerprint density at radius 1 is 1.14 bits per heavy atom. The van der Waals surface area contributed by atoms with Crippen molar-refractivity contribution >= 4 is 17.7 Å². The number of benzene rings is 1. The van der Waals surface area contributed by atoms with Crippen molar-refractivity contribution in [3.8, 4) is 11.1 Å². The van der Waals surface area contributed by atoms with Crippen LogP contribution < -0.4 is 10.6 Å². The first-order valence-corrected chi connectivity index (χ1v) is 8.67. The van der Waals surface area contributed by atoms with Crippen molar-refractivity contribution in [2.45, 2.75) is 6.54 Å². The van der Waals surface area contributed by atoms with Crippen LogP contribution in [0.25, 0.3) is 11.1 Å². The lowest BCUT2D eigenvalue weighted by Crippen LogP contribution is -2.08. The molecular formula is C19H23FN8. The van der Waals surface area contributed by atoms with E-state index in [1.54, 1.807) is 21.6 Å². The zero-order valence-electron chi connectivity index (χ0n) is 15.5. The summed E-state index contributed by atoms with van der Waals surface area (Å²) < 4.78 is 17.7. The Morgan fingerprint density at radius 2 is 2.04 bits per heavy atom. The van der Waals surface area contributed by atoms with Crippen LogP contribution in [0.2, 0.25) is 0 Å². The lowest BCUT2D eigenvalue weighted by Gasteiger charge is -2.10. The van der Waals surface area contributed by atoms with Crippen molar-refractivity contribution in [2.75, 3.05) is 10.6 Å². The van der Waals surface area contributed by atoms with Gasteiger partial charge in [-0.3, -0.25) is 10.00 Å². The molecule has 0 aliphatic rings. The summed E-state index contributed by atoms with van der Waals surface area (Å²) in [5, 5.41) is 10.2. The fourth-order valence-corrected chi connectivity index (χ4v) is 2.75. The number of aromatic nitrogens is 6. The van der Waals surface area contributed by atoms with Gasteiger partial charge in [-0.2, -0.15) is 10.1 Å². The molecule has 0 saturated carbocycles. The van der Waals surface area contributed by atoms with Crippen molar-refractivity contribution in [1.82, 2.24) is 29.3 Å². The van der Waals surface area contributed by atoms with Gasteiger partial charge in [-0.05, 0) is 17.2 Å². The van der Waals surface area contributed by atoms with Crippen LogP contribution in [0.4, 0.5) is 22.1 Å². The fraction of sp³-hybridized carbons (Fsp3) is 0.158. The van der Waals surface area contributed by atoms with E-state index in [4.69, 9.17) is 0 Å². The number of nitrogens with one attached hydrogen (secondary N) is 2. The standard InChI is InChI=1S/C19H19FN8.2H2/c1-27-7-6-21-19(27)26-18-23-11-16(20)17(25-18)22-9-13-4-3-5-14(8-13)15-10-24-28(2)12-15;;/h3-8,10-12H,9H2,1-2H3,(H2,21,22,23,25,26);2*1H. The predicted octanol–water partition coefficient (Wildman–Crippen LogP) is 3.60. The van der Waals surface area contributed by atoms with Crippen LogP contribution in [0, 0.1) is 5.82 Å². The summed E-state index contributed by atoms with van der Waals surface area (Å²) in [6.45, 7) is 0.421. The molecule has 0 bridgehead atoms. The van der Waals surface area contributed by atoms with E-state index in [9.17, 15) is 4.39 Å². The van der Waals surface area contributed by atoms with Gasteiger partial charge in [-0.15, -0.1) is 0 Å². The molecule has 0 aliphatic carbocycles. The third-order valence-electron chi connectivity index (χ3n) is 4.21. The first-order valence-electron chi connectivity index (χ1n) is 8.67. The van der Waals surface area contributed by atoms with E-state index >= 15 is 0 Å². The fourth-order valence-electron chi connectivity index (χ4n) is 2.75. The topological polar surface area (TPSA) is 85.5 Å². The highest BCUT2D eigenvalue weighted by Crippen LogP contribution is 2.21. The third-order valence-corrected chi connectivity index (χ3v) is 4.21. The van der Waals surface area contributed by atoms with Crippen LogP contribution in [-0.4, -0.2) is 29.3 Å². The number of aryl methyl sites for hydroxylation is 2. The molecule has 0 fully saturated rings. The number of halogens is 1. The first-order chi connectivity index (χ1) is 13.6. The van der Waals surface area contributed by atoms with Gasteiger partial charge in [0.15, 0.2) is 11.6 Å². The monoisotopic (exact) mass is 382 g/mol. The lowest BCUT2D eigenvalue weighted by atomic mass is 10.1. The second kappa shape index (κ2) is 7.47. The van der Waals surface area contributed by atoms with Gasteiger partial charge in [0.05, 0.1) is 12.4 Å². The second-order valence-electron chi connectivity index (χ2n) is 6.33. The van der Waals surface area contributed by atoms with E-state index in [-0.39, 0.29) is 14.6 Å². The summed E-state index contributed by atoms with van der Waals surface area (Å²) in [5.74, 6) is 0.441. The van der Waals surface area contributed by atoms with Gasteiger partial charge >= 0.3 is 0 Å². The van der Waals surface area contributed by atoms with E-state index in [2.05, 4.69) is 30.7 Å². The van der Waals surface area contributed by atoms with Crippen molar-refractivity contribution in [2.24, 2.45) is 14.1 Å². The minimum Gasteiger partial charge on any atom is -0.363 e. The Kier molecular flexibility index (Phi) is 4.71. The summed E-state index contributed by atoms with van der Waals surface area (Å²) in [6, 6.07) is 7.99. The number of nitrogens with zero attached hydrogens (tertiary/aromatic N) is 6. The Labute approximate surface area is 164 Å². The van der Waals surface area contributed by atoms with Crippen LogP contribution in [-0.2, 0) is 20.6 Å². The van der Waals surface area contributed by atoms with E-state index in [1.807, 2.05) is 50.8 Å². The number of anilines is 3. The van der Waals surface area contributed by atoms with Crippen molar-refractivity contribution in [3.05, 3.63) is 66.6 Å². The molecule has 3 aromatic heterocycles. The second-order valence-corrected chi connectivity index (χ2v) is 6.33. The maximum atomic E-state index is 14.1.